The van der Waals surface area contributed by atoms with Crippen LogP contribution in [0.5, 0.6) is 5.75 Å². The van der Waals surface area contributed by atoms with Crippen molar-refractivity contribution < 1.29 is 14.6 Å². The Morgan fingerprint density at radius 2 is 1.86 bits per heavy atom. The van der Waals surface area contributed by atoms with E-state index in [2.05, 4.69) is 0 Å². The van der Waals surface area contributed by atoms with Crippen molar-refractivity contribution in [3.8, 4) is 5.75 Å². The van der Waals surface area contributed by atoms with Crippen LogP contribution in [0.1, 0.15) is 28.8 Å². The first-order valence-electron chi connectivity index (χ1n) is 7.08. The molecule has 2 aromatic rings. The fraction of sp³-hybridized carbons (Fsp3) is 0.278. The van der Waals surface area contributed by atoms with Crippen LogP contribution in [0.25, 0.3) is 0 Å². The molecule has 21 heavy (non-hydrogen) atoms. The quantitative estimate of drug-likeness (QED) is 0.857. The van der Waals surface area contributed by atoms with E-state index in [-0.39, 0.29) is 11.7 Å². The molecule has 2 unspecified atom stereocenters. The number of aliphatic hydroxyl groups is 1. The van der Waals surface area contributed by atoms with Gasteiger partial charge in [0.25, 0.3) is 0 Å². The van der Waals surface area contributed by atoms with Gasteiger partial charge in [-0.05, 0) is 36.2 Å². The van der Waals surface area contributed by atoms with E-state index in [1.807, 2.05) is 30.3 Å². The predicted molar refractivity (Wildman–Crippen MR) is 80.4 cm³/mol. The molecule has 1 saturated carbocycles. The molecule has 3 heteroatoms. The van der Waals surface area contributed by atoms with Crippen LogP contribution in [-0.4, -0.2) is 18.0 Å². The molecule has 0 heterocycles. The Hall–Kier alpha value is -2.13. The van der Waals surface area contributed by atoms with Gasteiger partial charge in [0.05, 0.1) is 12.7 Å². The lowest BCUT2D eigenvalue weighted by atomic mass is 10.0. The molecule has 108 valence electrons. The number of Topliss-reactive ketones (excluding diaryl/α,β-unsaturated/α-hetero) is 1. The summed E-state index contributed by atoms with van der Waals surface area (Å²) in [5.41, 5.74) is 0.735. The number of ketones is 1. The molecule has 0 amide bonds. The summed E-state index contributed by atoms with van der Waals surface area (Å²) in [5.74, 6) is 0.808. The van der Waals surface area contributed by atoms with Crippen LogP contribution in [-0.2, 0) is 5.60 Å². The van der Waals surface area contributed by atoms with Crippen molar-refractivity contribution in [1.29, 1.82) is 0 Å². The second-order valence-electron chi connectivity index (χ2n) is 5.55. The molecule has 2 aromatic carbocycles. The zero-order chi connectivity index (χ0) is 14.9. The lowest BCUT2D eigenvalue weighted by molar-refractivity contribution is 0.0921. The lowest BCUT2D eigenvalue weighted by Gasteiger charge is -2.10. The zero-order valence-electron chi connectivity index (χ0n) is 12.0. The lowest BCUT2D eigenvalue weighted by Crippen LogP contribution is -2.11. The van der Waals surface area contributed by atoms with Crippen LogP contribution in [0.3, 0.4) is 0 Å². The summed E-state index contributed by atoms with van der Waals surface area (Å²) >= 11 is 0. The number of rotatable bonds is 5. The first-order valence-corrected chi connectivity index (χ1v) is 7.08. The molecular weight excluding hydrogens is 264 g/mol. The van der Waals surface area contributed by atoms with Gasteiger partial charge in [-0.1, -0.05) is 30.3 Å². The molecule has 1 aliphatic carbocycles. The van der Waals surface area contributed by atoms with Crippen LogP contribution in [0, 0.1) is 5.92 Å². The Morgan fingerprint density at radius 3 is 2.48 bits per heavy atom. The van der Waals surface area contributed by atoms with Gasteiger partial charge in [-0.3, -0.25) is 4.79 Å². The van der Waals surface area contributed by atoms with Crippen LogP contribution >= 0.6 is 0 Å². The topological polar surface area (TPSA) is 46.5 Å². The predicted octanol–water partition coefficient (Wildman–Crippen LogP) is 3.18. The minimum atomic E-state index is -0.830. The summed E-state index contributed by atoms with van der Waals surface area (Å²) in [6, 6.07) is 16.7. The van der Waals surface area contributed by atoms with Gasteiger partial charge in [0.15, 0.2) is 5.78 Å². The standard InChI is InChI=1S/C18H18O3/c1-21-16-9-7-13(8-10-16)17(19)11-15-12-18(15,20)14-5-3-2-4-6-14/h2-10,15,20H,11-12H2,1H3. The first-order chi connectivity index (χ1) is 10.1. The highest BCUT2D eigenvalue weighted by Gasteiger charge is 2.54. The second-order valence-corrected chi connectivity index (χ2v) is 5.55. The van der Waals surface area contributed by atoms with Gasteiger partial charge in [0.1, 0.15) is 5.75 Å². The number of methoxy groups -OCH3 is 1. The van der Waals surface area contributed by atoms with Gasteiger partial charge < -0.3 is 9.84 Å². The Bertz CT molecular complexity index is 633. The minimum Gasteiger partial charge on any atom is -0.497 e. The molecule has 1 N–H and O–H groups in total. The molecule has 3 rings (SSSR count). The van der Waals surface area contributed by atoms with E-state index >= 15 is 0 Å². The normalized spacial score (nSPS) is 23.6. The molecular formula is C18H18O3. The van der Waals surface area contributed by atoms with Crippen LogP contribution in [0.4, 0.5) is 0 Å². The highest BCUT2D eigenvalue weighted by molar-refractivity contribution is 5.96. The third kappa shape index (κ3) is 2.69. The fourth-order valence-electron chi connectivity index (χ4n) is 2.76. The zero-order valence-corrected chi connectivity index (χ0v) is 12.0. The van der Waals surface area contributed by atoms with E-state index in [9.17, 15) is 9.90 Å². The number of carbonyl (C=O) groups is 1. The number of carbonyl (C=O) groups excluding carboxylic acids is 1. The molecule has 3 nitrogen and oxygen atoms in total. The van der Waals surface area contributed by atoms with Crippen LogP contribution in [0.2, 0.25) is 0 Å². The van der Waals surface area contributed by atoms with Crippen molar-refractivity contribution in [2.45, 2.75) is 18.4 Å². The van der Waals surface area contributed by atoms with Crippen molar-refractivity contribution in [2.24, 2.45) is 5.92 Å². The minimum absolute atomic E-state index is 0.00880. The first kappa shape index (κ1) is 13.8. The Labute approximate surface area is 124 Å². The third-order valence-corrected chi connectivity index (χ3v) is 4.19. The summed E-state index contributed by atoms with van der Waals surface area (Å²) in [4.78, 5) is 12.3. The molecule has 1 aliphatic rings. The van der Waals surface area contributed by atoms with Gasteiger partial charge in [0.2, 0.25) is 0 Å². The average molecular weight is 282 g/mol. The highest BCUT2D eigenvalue weighted by atomic mass is 16.5. The average Bonchev–Trinajstić information content (AvgIpc) is 3.19. The molecule has 0 radical (unpaired) electrons. The van der Waals surface area contributed by atoms with Gasteiger partial charge in [-0.2, -0.15) is 0 Å². The van der Waals surface area contributed by atoms with Gasteiger partial charge in [0, 0.05) is 17.9 Å². The third-order valence-electron chi connectivity index (χ3n) is 4.19. The maximum atomic E-state index is 12.3. The van der Waals surface area contributed by atoms with Crippen molar-refractivity contribution >= 4 is 5.78 Å². The van der Waals surface area contributed by atoms with Crippen molar-refractivity contribution in [1.82, 2.24) is 0 Å². The van der Waals surface area contributed by atoms with Crippen molar-refractivity contribution in [3.63, 3.8) is 0 Å². The molecule has 0 aromatic heterocycles. The molecule has 0 aliphatic heterocycles. The van der Waals surface area contributed by atoms with E-state index in [0.717, 1.165) is 11.3 Å². The van der Waals surface area contributed by atoms with Gasteiger partial charge in [-0.15, -0.1) is 0 Å². The Kier molecular flexibility index (Phi) is 3.52. The van der Waals surface area contributed by atoms with E-state index in [1.165, 1.54) is 0 Å². The monoisotopic (exact) mass is 282 g/mol. The highest BCUT2D eigenvalue weighted by Crippen LogP contribution is 2.54. The largest absolute Gasteiger partial charge is 0.497 e. The summed E-state index contributed by atoms with van der Waals surface area (Å²) in [6.45, 7) is 0. The second kappa shape index (κ2) is 5.34. The molecule has 0 spiro atoms. The smallest absolute Gasteiger partial charge is 0.163 e. The van der Waals surface area contributed by atoms with Crippen LogP contribution < -0.4 is 4.74 Å². The van der Waals surface area contributed by atoms with E-state index in [0.29, 0.717) is 18.4 Å². The number of hydrogen-bond acceptors (Lipinski definition) is 3. The summed E-state index contributed by atoms with van der Waals surface area (Å²) < 4.78 is 5.08. The molecule has 1 fully saturated rings. The van der Waals surface area contributed by atoms with E-state index in [1.54, 1.807) is 31.4 Å². The maximum Gasteiger partial charge on any atom is 0.163 e. The SMILES string of the molecule is COc1ccc(C(=O)CC2CC2(O)c2ccccc2)cc1. The summed E-state index contributed by atoms with van der Waals surface area (Å²) in [6.07, 6.45) is 1.02. The summed E-state index contributed by atoms with van der Waals surface area (Å²) in [5, 5.41) is 10.6. The molecule has 2 atom stereocenters. The summed E-state index contributed by atoms with van der Waals surface area (Å²) in [7, 11) is 1.60. The Balaban J connectivity index is 1.67. The fourth-order valence-corrected chi connectivity index (χ4v) is 2.76. The number of benzene rings is 2. The Morgan fingerprint density at radius 1 is 1.19 bits per heavy atom. The molecule has 0 bridgehead atoms. The maximum absolute atomic E-state index is 12.3. The van der Waals surface area contributed by atoms with Gasteiger partial charge >= 0.3 is 0 Å². The van der Waals surface area contributed by atoms with Crippen molar-refractivity contribution in [2.75, 3.05) is 7.11 Å². The van der Waals surface area contributed by atoms with E-state index in [4.69, 9.17) is 4.74 Å². The molecule has 0 saturated heterocycles. The number of ether oxygens (including phenoxy) is 1. The van der Waals surface area contributed by atoms with Crippen molar-refractivity contribution in [3.05, 3.63) is 65.7 Å². The van der Waals surface area contributed by atoms with E-state index < -0.39 is 5.60 Å². The van der Waals surface area contributed by atoms with Gasteiger partial charge in [-0.25, -0.2) is 0 Å². The number of hydrogen-bond donors (Lipinski definition) is 1. The van der Waals surface area contributed by atoms with Crippen LogP contribution in [0.15, 0.2) is 54.6 Å².